The Bertz CT molecular complexity index is 1160. The maximum Gasteiger partial charge on any atom is 0.235 e. The van der Waals surface area contributed by atoms with Crippen LogP contribution < -0.4 is 9.47 Å². The highest BCUT2D eigenvalue weighted by atomic mass is 32.2. The van der Waals surface area contributed by atoms with Gasteiger partial charge in [0, 0.05) is 31.0 Å². The van der Waals surface area contributed by atoms with Crippen LogP contribution in [0.25, 0.3) is 22.2 Å². The van der Waals surface area contributed by atoms with Crippen LogP contribution in [0.15, 0.2) is 42.5 Å². The summed E-state index contributed by atoms with van der Waals surface area (Å²) >= 11 is 1.84. The molecule has 3 rings (SSSR count). The molecule has 0 spiro atoms. The Morgan fingerprint density at radius 3 is 2.29 bits per heavy atom. The van der Waals surface area contributed by atoms with E-state index in [1.807, 2.05) is 35.8 Å². The lowest BCUT2D eigenvalue weighted by molar-refractivity contribution is -0.129. The molecule has 38 heavy (non-hydrogen) atoms. The number of unbranched alkanes of at least 4 members (excludes halogenated alkanes) is 4. The molecular formula is C32H46N2O3S. The Hall–Kier alpha value is -2.60. The standard InChI is InChI=1S/C32H46N2O3S/c1-7-9-20-33(4)32(35)30(8-2)38-22-13-11-10-12-21-34-29-19-18-27(37-6)23-28(29)24(3)31(34)25-14-16-26(36-5)17-15-25/h14-19,23,30H,7-13,20-22H2,1-6H3. The number of amides is 1. The van der Waals surface area contributed by atoms with Gasteiger partial charge in [-0.2, -0.15) is 0 Å². The van der Waals surface area contributed by atoms with Crippen molar-refractivity contribution < 1.29 is 14.3 Å². The third-order valence-electron chi connectivity index (χ3n) is 7.35. The van der Waals surface area contributed by atoms with Crippen LogP contribution >= 0.6 is 11.8 Å². The van der Waals surface area contributed by atoms with E-state index in [1.54, 1.807) is 14.2 Å². The molecule has 208 valence electrons. The topological polar surface area (TPSA) is 43.7 Å². The highest BCUT2D eigenvalue weighted by Gasteiger charge is 2.20. The summed E-state index contributed by atoms with van der Waals surface area (Å²) in [4.78, 5) is 14.6. The summed E-state index contributed by atoms with van der Waals surface area (Å²) in [6.45, 7) is 8.35. The normalized spacial score (nSPS) is 12.1. The van der Waals surface area contributed by atoms with E-state index < -0.39 is 0 Å². The minimum absolute atomic E-state index is 0.0927. The van der Waals surface area contributed by atoms with Gasteiger partial charge in [-0.3, -0.25) is 4.79 Å². The lowest BCUT2D eigenvalue weighted by Crippen LogP contribution is -2.35. The van der Waals surface area contributed by atoms with Gasteiger partial charge in [-0.05, 0) is 92.0 Å². The Morgan fingerprint density at radius 2 is 1.63 bits per heavy atom. The second-order valence-electron chi connectivity index (χ2n) is 10.0. The molecule has 0 aliphatic rings. The van der Waals surface area contributed by atoms with Crippen LogP contribution in [-0.4, -0.2) is 54.2 Å². The van der Waals surface area contributed by atoms with E-state index in [0.29, 0.717) is 5.91 Å². The van der Waals surface area contributed by atoms with E-state index >= 15 is 0 Å². The van der Waals surface area contributed by atoms with Gasteiger partial charge in [0.1, 0.15) is 11.5 Å². The van der Waals surface area contributed by atoms with Crippen LogP contribution in [0.1, 0.15) is 64.4 Å². The summed E-state index contributed by atoms with van der Waals surface area (Å²) in [5.41, 5.74) is 5.00. The second kappa shape index (κ2) is 15.1. The smallest absolute Gasteiger partial charge is 0.235 e. The number of thioether (sulfide) groups is 1. The molecule has 0 radical (unpaired) electrons. The molecule has 5 nitrogen and oxygen atoms in total. The summed E-state index contributed by atoms with van der Waals surface area (Å²) in [5, 5.41) is 1.33. The molecule has 0 saturated carbocycles. The van der Waals surface area contributed by atoms with Crippen molar-refractivity contribution in [2.45, 2.75) is 77.5 Å². The number of benzene rings is 2. The molecule has 1 unspecified atom stereocenters. The fourth-order valence-electron chi connectivity index (χ4n) is 5.05. The van der Waals surface area contributed by atoms with Gasteiger partial charge < -0.3 is 18.9 Å². The van der Waals surface area contributed by atoms with Crippen LogP contribution in [-0.2, 0) is 11.3 Å². The number of aromatic nitrogens is 1. The minimum atomic E-state index is 0.0927. The van der Waals surface area contributed by atoms with Crippen LogP contribution in [0, 0.1) is 6.92 Å². The highest BCUT2D eigenvalue weighted by molar-refractivity contribution is 8.00. The predicted molar refractivity (Wildman–Crippen MR) is 163 cm³/mol. The highest BCUT2D eigenvalue weighted by Crippen LogP contribution is 2.36. The maximum atomic E-state index is 12.7. The minimum Gasteiger partial charge on any atom is -0.497 e. The number of aryl methyl sites for hydroxylation is 2. The van der Waals surface area contributed by atoms with Crippen LogP contribution in [0.5, 0.6) is 11.5 Å². The zero-order valence-corrected chi connectivity index (χ0v) is 25.0. The van der Waals surface area contributed by atoms with E-state index in [9.17, 15) is 4.79 Å². The van der Waals surface area contributed by atoms with Gasteiger partial charge in [-0.15, -0.1) is 11.8 Å². The van der Waals surface area contributed by atoms with Gasteiger partial charge in [-0.1, -0.05) is 33.1 Å². The van der Waals surface area contributed by atoms with E-state index in [1.165, 1.54) is 40.6 Å². The van der Waals surface area contributed by atoms with Gasteiger partial charge in [0.15, 0.2) is 0 Å². The summed E-state index contributed by atoms with van der Waals surface area (Å²) in [7, 11) is 5.37. The largest absolute Gasteiger partial charge is 0.497 e. The molecule has 3 aromatic rings. The predicted octanol–water partition coefficient (Wildman–Crippen LogP) is 7.96. The Labute approximate surface area is 233 Å². The molecule has 0 N–H and O–H groups in total. The first kappa shape index (κ1) is 29.9. The Kier molecular flexibility index (Phi) is 11.9. The molecule has 1 heterocycles. The second-order valence-corrected chi connectivity index (χ2v) is 11.3. The van der Waals surface area contributed by atoms with Crippen molar-refractivity contribution >= 4 is 28.6 Å². The van der Waals surface area contributed by atoms with Crippen LogP contribution in [0.2, 0.25) is 0 Å². The third kappa shape index (κ3) is 7.49. The van der Waals surface area contributed by atoms with E-state index in [2.05, 4.69) is 55.7 Å². The zero-order chi connectivity index (χ0) is 27.5. The number of hydrogen-bond acceptors (Lipinski definition) is 4. The molecule has 0 aliphatic carbocycles. The molecular weight excluding hydrogens is 492 g/mol. The van der Waals surface area contributed by atoms with Crippen LogP contribution in [0.4, 0.5) is 0 Å². The number of fused-ring (bicyclic) bond motifs is 1. The van der Waals surface area contributed by atoms with Crippen molar-refractivity contribution in [1.82, 2.24) is 9.47 Å². The summed E-state index contributed by atoms with van der Waals surface area (Å²) in [6, 6.07) is 14.8. The molecule has 1 aromatic heterocycles. The fourth-order valence-corrected chi connectivity index (χ4v) is 6.26. The maximum absolute atomic E-state index is 12.7. The lowest BCUT2D eigenvalue weighted by Gasteiger charge is -2.22. The number of rotatable bonds is 16. The van der Waals surface area contributed by atoms with Gasteiger partial charge in [0.25, 0.3) is 0 Å². The van der Waals surface area contributed by atoms with Crippen molar-refractivity contribution in [2.75, 3.05) is 33.6 Å². The lowest BCUT2D eigenvalue weighted by atomic mass is 10.1. The molecule has 0 fully saturated rings. The monoisotopic (exact) mass is 538 g/mol. The average Bonchev–Trinajstić information content (AvgIpc) is 3.23. The molecule has 1 atom stereocenters. The van der Waals surface area contributed by atoms with Crippen molar-refractivity contribution in [3.8, 4) is 22.8 Å². The summed E-state index contributed by atoms with van der Waals surface area (Å²) in [6.07, 6.45) is 7.74. The molecule has 2 aromatic carbocycles. The summed E-state index contributed by atoms with van der Waals surface area (Å²) in [5.74, 6) is 3.10. The van der Waals surface area contributed by atoms with Gasteiger partial charge in [0.2, 0.25) is 5.91 Å². The molecule has 0 aliphatic heterocycles. The van der Waals surface area contributed by atoms with Gasteiger partial charge in [0.05, 0.1) is 25.2 Å². The SMILES string of the molecule is CCCCN(C)C(=O)C(CC)SCCCCCCn1c(-c2ccc(OC)cc2)c(C)c2cc(OC)ccc21. The number of carbonyl (C=O) groups excluding carboxylic acids is 1. The Balaban J connectivity index is 1.60. The van der Waals surface area contributed by atoms with Crippen LogP contribution in [0.3, 0.4) is 0 Å². The molecule has 1 amide bonds. The van der Waals surface area contributed by atoms with E-state index in [4.69, 9.17) is 9.47 Å². The number of carbonyl (C=O) groups is 1. The molecule has 0 saturated heterocycles. The first-order valence-electron chi connectivity index (χ1n) is 14.1. The fraction of sp³-hybridized carbons (Fsp3) is 0.531. The van der Waals surface area contributed by atoms with E-state index in [-0.39, 0.29) is 5.25 Å². The van der Waals surface area contributed by atoms with Gasteiger partial charge >= 0.3 is 0 Å². The van der Waals surface area contributed by atoms with E-state index in [0.717, 1.165) is 62.4 Å². The first-order valence-corrected chi connectivity index (χ1v) is 15.2. The number of ether oxygens (including phenoxy) is 2. The molecule has 0 bridgehead atoms. The number of hydrogen-bond donors (Lipinski definition) is 0. The summed E-state index contributed by atoms with van der Waals surface area (Å²) < 4.78 is 13.4. The van der Waals surface area contributed by atoms with Crippen molar-refractivity contribution in [2.24, 2.45) is 0 Å². The van der Waals surface area contributed by atoms with Crippen molar-refractivity contribution in [3.63, 3.8) is 0 Å². The zero-order valence-electron chi connectivity index (χ0n) is 24.2. The van der Waals surface area contributed by atoms with Gasteiger partial charge in [-0.25, -0.2) is 0 Å². The number of nitrogens with zero attached hydrogens (tertiary/aromatic N) is 2. The average molecular weight is 539 g/mol. The quantitative estimate of drug-likeness (QED) is 0.174. The Morgan fingerprint density at radius 1 is 0.947 bits per heavy atom. The molecule has 6 heteroatoms. The van der Waals surface area contributed by atoms with Crippen molar-refractivity contribution in [3.05, 3.63) is 48.0 Å². The van der Waals surface area contributed by atoms with Crippen molar-refractivity contribution in [1.29, 1.82) is 0 Å². The number of methoxy groups -OCH3 is 2. The third-order valence-corrected chi connectivity index (χ3v) is 8.81. The first-order chi connectivity index (χ1) is 18.4.